The van der Waals surface area contributed by atoms with Crippen molar-refractivity contribution in [1.29, 1.82) is 0 Å². The number of carboxylic acids is 1. The number of carbonyl (C=O) groups is 1. The highest BCUT2D eigenvalue weighted by atomic mass is 35.5. The zero-order chi connectivity index (χ0) is 20.5. The van der Waals surface area contributed by atoms with Crippen molar-refractivity contribution in [1.82, 2.24) is 0 Å². The molecule has 3 rings (SSSR count). The van der Waals surface area contributed by atoms with Gasteiger partial charge in [0.15, 0.2) is 0 Å². The molecule has 1 aliphatic rings. The van der Waals surface area contributed by atoms with Crippen LogP contribution in [0, 0.1) is 5.82 Å². The molecule has 0 spiro atoms. The summed E-state index contributed by atoms with van der Waals surface area (Å²) in [6.07, 6.45) is -2.82. The molecule has 1 atom stereocenters. The minimum Gasteiger partial charge on any atom is -0.490 e. The number of hydrogen-bond acceptors (Lipinski definition) is 3. The predicted molar refractivity (Wildman–Crippen MR) is 95.7 cm³/mol. The van der Waals surface area contributed by atoms with Crippen molar-refractivity contribution in [3.05, 3.63) is 58.4 Å². The lowest BCUT2D eigenvalue weighted by Crippen LogP contribution is -2.34. The molecule has 2 aromatic carbocycles. The molecule has 28 heavy (non-hydrogen) atoms. The van der Waals surface area contributed by atoms with E-state index in [2.05, 4.69) is 0 Å². The molecule has 0 amide bonds. The van der Waals surface area contributed by atoms with Crippen LogP contribution in [0.15, 0.2) is 36.4 Å². The molecule has 1 heterocycles. The molecule has 4 nitrogen and oxygen atoms in total. The summed E-state index contributed by atoms with van der Waals surface area (Å²) in [4.78, 5) is 12.8. The van der Waals surface area contributed by atoms with Crippen LogP contribution in [0.1, 0.15) is 28.8 Å². The molecular formula is C19H16ClF4NO3. The molecule has 0 aromatic heterocycles. The number of rotatable bonds is 5. The molecule has 0 aliphatic carbocycles. The Bertz CT molecular complexity index is 871. The average molecular weight is 418 g/mol. The van der Waals surface area contributed by atoms with Gasteiger partial charge in [0.1, 0.15) is 18.2 Å². The fraction of sp³-hybridized carbons (Fsp3) is 0.316. The number of anilines is 1. The number of ether oxygens (including phenoxy) is 1. The van der Waals surface area contributed by atoms with Crippen LogP contribution in [0.25, 0.3) is 0 Å². The standard InChI is InChI=1S/C19H16ClF4NO3/c20-15-8-14(18(26)27)16(21)9-17(15)28-10-13-2-1-7-25(13)12-5-3-11(4-6-12)19(22,23)24/h3-6,8-9,13H,1-2,7,10H2,(H,26,27)/t13-/m1/s1. The first-order chi connectivity index (χ1) is 13.2. The Morgan fingerprint density at radius 2 is 1.93 bits per heavy atom. The highest BCUT2D eigenvalue weighted by molar-refractivity contribution is 6.32. The van der Waals surface area contributed by atoms with Crippen LogP contribution < -0.4 is 9.64 Å². The summed E-state index contributed by atoms with van der Waals surface area (Å²) in [7, 11) is 0. The van der Waals surface area contributed by atoms with Crippen LogP contribution in [-0.4, -0.2) is 30.3 Å². The molecule has 0 unspecified atom stereocenters. The maximum atomic E-state index is 13.8. The molecule has 1 fully saturated rings. The normalized spacial score (nSPS) is 17.0. The van der Waals surface area contributed by atoms with Crippen molar-refractivity contribution < 1.29 is 32.2 Å². The zero-order valence-corrected chi connectivity index (χ0v) is 15.2. The largest absolute Gasteiger partial charge is 0.490 e. The van der Waals surface area contributed by atoms with Crippen LogP contribution in [0.5, 0.6) is 5.75 Å². The van der Waals surface area contributed by atoms with Gasteiger partial charge in [-0.15, -0.1) is 0 Å². The monoisotopic (exact) mass is 417 g/mol. The Labute approximate surface area is 163 Å². The summed E-state index contributed by atoms with van der Waals surface area (Å²) in [5.74, 6) is -2.38. The molecular weight excluding hydrogens is 402 g/mol. The minimum atomic E-state index is -4.39. The van der Waals surface area contributed by atoms with Gasteiger partial charge in [-0.2, -0.15) is 13.2 Å². The molecule has 1 aliphatic heterocycles. The van der Waals surface area contributed by atoms with Gasteiger partial charge >= 0.3 is 12.1 Å². The molecule has 1 saturated heterocycles. The van der Waals surface area contributed by atoms with Gasteiger partial charge in [0, 0.05) is 18.3 Å². The third-order valence-corrected chi connectivity index (χ3v) is 4.88. The fourth-order valence-corrected chi connectivity index (χ4v) is 3.40. The van der Waals surface area contributed by atoms with Crippen molar-refractivity contribution >= 4 is 23.3 Å². The number of halogens is 5. The van der Waals surface area contributed by atoms with Gasteiger partial charge in [-0.05, 0) is 43.2 Å². The van der Waals surface area contributed by atoms with E-state index in [1.165, 1.54) is 12.1 Å². The van der Waals surface area contributed by atoms with E-state index < -0.39 is 29.1 Å². The van der Waals surface area contributed by atoms with E-state index in [-0.39, 0.29) is 23.4 Å². The first-order valence-electron chi connectivity index (χ1n) is 8.46. The Kier molecular flexibility index (Phi) is 5.69. The lowest BCUT2D eigenvalue weighted by molar-refractivity contribution is -0.137. The van der Waals surface area contributed by atoms with E-state index in [9.17, 15) is 22.4 Å². The second-order valence-corrected chi connectivity index (χ2v) is 6.82. The second-order valence-electron chi connectivity index (χ2n) is 6.41. The predicted octanol–water partition coefficient (Wildman–Crippen LogP) is 5.24. The Balaban J connectivity index is 1.71. The molecule has 0 radical (unpaired) electrons. The van der Waals surface area contributed by atoms with Crippen molar-refractivity contribution in [3.8, 4) is 5.75 Å². The first kappa shape index (κ1) is 20.3. The number of carboxylic acid groups (broad SMARTS) is 1. The molecule has 0 saturated carbocycles. The van der Waals surface area contributed by atoms with Gasteiger partial charge in [-0.3, -0.25) is 0 Å². The van der Waals surface area contributed by atoms with Gasteiger partial charge in [-0.1, -0.05) is 11.6 Å². The smallest absolute Gasteiger partial charge is 0.416 e. The first-order valence-corrected chi connectivity index (χ1v) is 8.83. The molecule has 1 N–H and O–H groups in total. The van der Waals surface area contributed by atoms with E-state index in [0.29, 0.717) is 12.2 Å². The number of nitrogens with zero attached hydrogens (tertiary/aromatic N) is 1. The van der Waals surface area contributed by atoms with Crippen molar-refractivity contribution in [3.63, 3.8) is 0 Å². The Morgan fingerprint density at radius 3 is 2.54 bits per heavy atom. The topological polar surface area (TPSA) is 49.8 Å². The Morgan fingerprint density at radius 1 is 1.25 bits per heavy atom. The third kappa shape index (κ3) is 4.32. The quantitative estimate of drug-likeness (QED) is 0.675. The van der Waals surface area contributed by atoms with E-state index in [1.54, 1.807) is 0 Å². The van der Waals surface area contributed by atoms with Gasteiger partial charge < -0.3 is 14.7 Å². The summed E-state index contributed by atoms with van der Waals surface area (Å²) in [6.45, 7) is 0.784. The van der Waals surface area contributed by atoms with Crippen LogP contribution in [0.3, 0.4) is 0 Å². The summed E-state index contributed by atoms with van der Waals surface area (Å²) >= 11 is 5.97. The second kappa shape index (κ2) is 7.87. The lowest BCUT2D eigenvalue weighted by atomic mass is 10.1. The van der Waals surface area contributed by atoms with E-state index in [0.717, 1.165) is 37.1 Å². The third-order valence-electron chi connectivity index (χ3n) is 4.59. The van der Waals surface area contributed by atoms with Gasteiger partial charge in [0.2, 0.25) is 0 Å². The highest BCUT2D eigenvalue weighted by Crippen LogP contribution is 2.33. The number of alkyl halides is 3. The molecule has 0 bridgehead atoms. The fourth-order valence-electron chi connectivity index (χ4n) is 3.18. The van der Waals surface area contributed by atoms with Crippen molar-refractivity contribution in [2.75, 3.05) is 18.1 Å². The van der Waals surface area contributed by atoms with Gasteiger partial charge in [-0.25, -0.2) is 9.18 Å². The zero-order valence-electron chi connectivity index (χ0n) is 14.5. The minimum absolute atomic E-state index is 0.0171. The van der Waals surface area contributed by atoms with E-state index in [1.807, 2.05) is 4.90 Å². The lowest BCUT2D eigenvalue weighted by Gasteiger charge is -2.27. The van der Waals surface area contributed by atoms with Crippen molar-refractivity contribution in [2.24, 2.45) is 0 Å². The van der Waals surface area contributed by atoms with E-state index >= 15 is 0 Å². The number of benzene rings is 2. The maximum Gasteiger partial charge on any atom is 0.416 e. The maximum absolute atomic E-state index is 13.8. The van der Waals surface area contributed by atoms with Gasteiger partial charge in [0.25, 0.3) is 0 Å². The SMILES string of the molecule is O=C(O)c1cc(Cl)c(OC[C@H]2CCCN2c2ccc(C(F)(F)F)cc2)cc1F. The molecule has 150 valence electrons. The number of hydrogen-bond donors (Lipinski definition) is 1. The Hall–Kier alpha value is -2.48. The summed E-state index contributed by atoms with van der Waals surface area (Å²) < 4.78 is 57.6. The summed E-state index contributed by atoms with van der Waals surface area (Å²) in [5, 5.41) is 8.87. The van der Waals surface area contributed by atoms with Gasteiger partial charge in [0.05, 0.1) is 22.2 Å². The average Bonchev–Trinajstić information content (AvgIpc) is 3.09. The van der Waals surface area contributed by atoms with E-state index in [4.69, 9.17) is 21.4 Å². The van der Waals surface area contributed by atoms with Crippen LogP contribution >= 0.6 is 11.6 Å². The molecule has 9 heteroatoms. The van der Waals surface area contributed by atoms with Crippen LogP contribution in [0.2, 0.25) is 5.02 Å². The van der Waals surface area contributed by atoms with Crippen LogP contribution in [-0.2, 0) is 6.18 Å². The van der Waals surface area contributed by atoms with Crippen LogP contribution in [0.4, 0.5) is 23.2 Å². The number of aromatic carboxylic acids is 1. The highest BCUT2D eigenvalue weighted by Gasteiger charge is 2.31. The molecule has 2 aromatic rings. The van der Waals surface area contributed by atoms with Crippen molar-refractivity contribution in [2.45, 2.75) is 25.1 Å². The summed E-state index contributed by atoms with van der Waals surface area (Å²) in [6, 6.07) is 6.66. The summed E-state index contributed by atoms with van der Waals surface area (Å²) in [5.41, 5.74) is -0.633.